The maximum atomic E-state index is 11.6. The third kappa shape index (κ3) is 4.90. The summed E-state index contributed by atoms with van der Waals surface area (Å²) in [6.07, 6.45) is 0. The number of nitrogens with one attached hydrogen (secondary N) is 1. The minimum atomic E-state index is -1.29. The fourth-order valence-electron chi connectivity index (χ4n) is 3.14. The molecular formula is C22H18Cl2N2O5. The normalized spacial score (nSPS) is 11.6. The summed E-state index contributed by atoms with van der Waals surface area (Å²) in [6, 6.07) is 15.2. The Hall–Kier alpha value is -3.29. The molecule has 1 atom stereocenters. The highest BCUT2D eigenvalue weighted by Gasteiger charge is 2.22. The molecule has 0 aliphatic rings. The Morgan fingerprint density at radius 1 is 1.06 bits per heavy atom. The lowest BCUT2D eigenvalue weighted by atomic mass is 9.93. The van der Waals surface area contributed by atoms with Crippen LogP contribution in [0.15, 0.2) is 54.6 Å². The molecule has 0 fully saturated rings. The predicted molar refractivity (Wildman–Crippen MR) is 120 cm³/mol. The monoisotopic (exact) mass is 460 g/mol. The Morgan fingerprint density at radius 2 is 1.71 bits per heavy atom. The SMILES string of the molecule is COc1cc(Nc2ccc(C(C)c3ccc(Cl)c(Cl)c3)cc2)c(C(=O)O)cc1[N+](=O)[O-]. The molecule has 0 saturated carbocycles. The van der Waals surface area contributed by atoms with Gasteiger partial charge in [-0.15, -0.1) is 0 Å². The van der Waals surface area contributed by atoms with Gasteiger partial charge in [0.15, 0.2) is 5.75 Å². The Morgan fingerprint density at radius 3 is 2.26 bits per heavy atom. The quantitative estimate of drug-likeness (QED) is 0.308. The van der Waals surface area contributed by atoms with Gasteiger partial charge >= 0.3 is 11.7 Å². The van der Waals surface area contributed by atoms with E-state index in [4.69, 9.17) is 27.9 Å². The van der Waals surface area contributed by atoms with E-state index in [1.165, 1.54) is 13.2 Å². The molecule has 0 spiro atoms. The largest absolute Gasteiger partial charge is 0.490 e. The summed E-state index contributed by atoms with van der Waals surface area (Å²) in [5.74, 6) is -1.28. The molecule has 160 valence electrons. The van der Waals surface area contributed by atoms with Crippen LogP contribution in [0.3, 0.4) is 0 Å². The van der Waals surface area contributed by atoms with Crippen molar-refractivity contribution in [3.05, 3.63) is 91.4 Å². The summed E-state index contributed by atoms with van der Waals surface area (Å²) < 4.78 is 5.04. The number of ether oxygens (including phenoxy) is 1. The van der Waals surface area contributed by atoms with Crippen LogP contribution in [0.4, 0.5) is 17.1 Å². The highest BCUT2D eigenvalue weighted by Crippen LogP contribution is 2.35. The van der Waals surface area contributed by atoms with Crippen LogP contribution in [-0.4, -0.2) is 23.1 Å². The van der Waals surface area contributed by atoms with Crippen LogP contribution < -0.4 is 10.1 Å². The van der Waals surface area contributed by atoms with Crippen molar-refractivity contribution in [3.8, 4) is 5.75 Å². The molecule has 3 rings (SSSR count). The first-order chi connectivity index (χ1) is 14.7. The first kappa shape index (κ1) is 22.4. The molecule has 7 nitrogen and oxygen atoms in total. The van der Waals surface area contributed by atoms with Crippen LogP contribution in [0.1, 0.15) is 34.3 Å². The Kier molecular flexibility index (Phi) is 6.68. The second-order valence-corrected chi connectivity index (χ2v) is 7.59. The van der Waals surface area contributed by atoms with Crippen molar-refractivity contribution in [2.24, 2.45) is 0 Å². The molecule has 3 aromatic carbocycles. The van der Waals surface area contributed by atoms with Crippen molar-refractivity contribution in [3.63, 3.8) is 0 Å². The summed E-state index contributed by atoms with van der Waals surface area (Å²) in [7, 11) is 1.28. The first-order valence-electron chi connectivity index (χ1n) is 9.13. The number of halogens is 2. The van der Waals surface area contributed by atoms with E-state index >= 15 is 0 Å². The Balaban J connectivity index is 1.89. The summed E-state index contributed by atoms with van der Waals surface area (Å²) >= 11 is 12.1. The lowest BCUT2D eigenvalue weighted by Crippen LogP contribution is -2.06. The van der Waals surface area contributed by atoms with Crippen molar-refractivity contribution in [1.29, 1.82) is 0 Å². The number of aromatic carboxylic acids is 1. The van der Waals surface area contributed by atoms with E-state index in [1.54, 1.807) is 18.2 Å². The highest BCUT2D eigenvalue weighted by molar-refractivity contribution is 6.42. The Labute approximate surface area is 188 Å². The second kappa shape index (κ2) is 9.24. The summed E-state index contributed by atoms with van der Waals surface area (Å²) in [6.45, 7) is 2.03. The molecule has 1 unspecified atom stereocenters. The van der Waals surface area contributed by atoms with Crippen LogP contribution in [0.2, 0.25) is 10.0 Å². The standard InChI is InChI=1S/C22H18Cl2N2O5/c1-12(14-5-8-17(23)18(24)9-14)13-3-6-15(7-4-13)25-19-11-21(31-2)20(26(29)30)10-16(19)22(27)28/h3-12,25H,1-2H3,(H,27,28). The molecule has 0 radical (unpaired) electrons. The number of anilines is 2. The third-order valence-electron chi connectivity index (χ3n) is 4.88. The zero-order chi connectivity index (χ0) is 22.7. The van der Waals surface area contributed by atoms with Gasteiger partial charge in [0, 0.05) is 23.7 Å². The van der Waals surface area contributed by atoms with E-state index in [2.05, 4.69) is 5.32 Å². The number of hydrogen-bond acceptors (Lipinski definition) is 5. The number of nitro benzene ring substituents is 1. The molecule has 0 heterocycles. The van der Waals surface area contributed by atoms with Crippen molar-refractivity contribution in [2.75, 3.05) is 12.4 Å². The molecule has 2 N–H and O–H groups in total. The van der Waals surface area contributed by atoms with E-state index in [0.717, 1.165) is 17.2 Å². The minimum Gasteiger partial charge on any atom is -0.490 e. The molecule has 0 amide bonds. The predicted octanol–water partition coefficient (Wildman–Crippen LogP) is 6.50. The van der Waals surface area contributed by atoms with Crippen molar-refractivity contribution >= 4 is 46.2 Å². The lowest BCUT2D eigenvalue weighted by Gasteiger charge is -2.15. The van der Waals surface area contributed by atoms with Crippen molar-refractivity contribution < 1.29 is 19.6 Å². The van der Waals surface area contributed by atoms with Crippen molar-refractivity contribution in [2.45, 2.75) is 12.8 Å². The van der Waals surface area contributed by atoms with Gasteiger partial charge in [-0.05, 0) is 35.4 Å². The van der Waals surface area contributed by atoms with E-state index in [-0.39, 0.29) is 22.9 Å². The number of nitrogens with zero attached hydrogens (tertiary/aromatic N) is 1. The van der Waals surface area contributed by atoms with Crippen molar-refractivity contribution in [1.82, 2.24) is 0 Å². The average Bonchev–Trinajstić information content (AvgIpc) is 2.75. The second-order valence-electron chi connectivity index (χ2n) is 6.77. The van der Waals surface area contributed by atoms with E-state index in [1.807, 2.05) is 31.2 Å². The van der Waals surface area contributed by atoms with Gasteiger partial charge in [-0.2, -0.15) is 0 Å². The number of hydrogen-bond donors (Lipinski definition) is 2. The maximum Gasteiger partial charge on any atom is 0.338 e. The summed E-state index contributed by atoms with van der Waals surface area (Å²) in [5, 5.41) is 24.6. The van der Waals surface area contributed by atoms with Gasteiger partial charge in [0.2, 0.25) is 0 Å². The molecule has 0 bridgehead atoms. The number of nitro groups is 1. The summed E-state index contributed by atoms with van der Waals surface area (Å²) in [4.78, 5) is 22.1. The molecule has 0 saturated heterocycles. The van der Waals surface area contributed by atoms with Gasteiger partial charge in [0.1, 0.15) is 0 Å². The Bertz CT molecular complexity index is 1150. The maximum absolute atomic E-state index is 11.6. The first-order valence-corrected chi connectivity index (χ1v) is 9.88. The van der Waals surface area contributed by atoms with Gasteiger partial charge in [0.05, 0.1) is 33.3 Å². The van der Waals surface area contributed by atoms with E-state index < -0.39 is 16.6 Å². The molecule has 0 aromatic heterocycles. The van der Waals surface area contributed by atoms with Crippen LogP contribution in [0.5, 0.6) is 5.75 Å². The van der Waals surface area contributed by atoms with E-state index in [9.17, 15) is 20.0 Å². The fraction of sp³-hybridized carbons (Fsp3) is 0.136. The molecule has 0 aliphatic carbocycles. The van der Waals surface area contributed by atoms with Gasteiger partial charge in [-0.1, -0.05) is 48.3 Å². The van der Waals surface area contributed by atoms with Gasteiger partial charge in [-0.25, -0.2) is 4.79 Å². The molecule has 31 heavy (non-hydrogen) atoms. The number of carboxylic acid groups (broad SMARTS) is 1. The number of rotatable bonds is 7. The fourth-order valence-corrected chi connectivity index (χ4v) is 3.45. The third-order valence-corrected chi connectivity index (χ3v) is 5.62. The number of carbonyl (C=O) groups is 1. The zero-order valence-electron chi connectivity index (χ0n) is 16.6. The van der Waals surface area contributed by atoms with Gasteiger partial charge < -0.3 is 15.2 Å². The number of benzene rings is 3. The number of methoxy groups -OCH3 is 1. The average molecular weight is 461 g/mol. The van der Waals surface area contributed by atoms with Crippen LogP contribution >= 0.6 is 23.2 Å². The smallest absolute Gasteiger partial charge is 0.338 e. The zero-order valence-corrected chi connectivity index (χ0v) is 18.1. The molecule has 3 aromatic rings. The van der Waals surface area contributed by atoms with Crippen LogP contribution in [-0.2, 0) is 0 Å². The summed E-state index contributed by atoms with van der Waals surface area (Å²) in [5.41, 5.74) is 2.16. The minimum absolute atomic E-state index is 0.0395. The van der Waals surface area contributed by atoms with Crippen LogP contribution in [0, 0.1) is 10.1 Å². The number of carboxylic acids is 1. The molecule has 0 aliphatic heterocycles. The molecular weight excluding hydrogens is 443 g/mol. The van der Waals surface area contributed by atoms with Crippen LogP contribution in [0.25, 0.3) is 0 Å². The highest BCUT2D eigenvalue weighted by atomic mass is 35.5. The van der Waals surface area contributed by atoms with Gasteiger partial charge in [0.25, 0.3) is 0 Å². The van der Waals surface area contributed by atoms with E-state index in [0.29, 0.717) is 15.7 Å². The lowest BCUT2D eigenvalue weighted by molar-refractivity contribution is -0.385. The molecule has 9 heteroatoms. The van der Waals surface area contributed by atoms with Gasteiger partial charge in [-0.3, -0.25) is 10.1 Å². The topological polar surface area (TPSA) is 102 Å².